The number of nitrogens with zero attached hydrogens (tertiary/aromatic N) is 1. The molecule has 0 unspecified atom stereocenters. The molecule has 124 valence electrons. The van der Waals surface area contributed by atoms with E-state index in [2.05, 4.69) is 12.2 Å². The monoisotopic (exact) mass is 332 g/mol. The first-order valence-electron chi connectivity index (χ1n) is 8.19. The molecule has 1 aliphatic rings. The SMILES string of the molecule is CCCCCCCN1C(=O)/C(=C\c2ccc(NC)cc2)OC1=S. The molecule has 1 amide bonds. The minimum atomic E-state index is -0.136. The van der Waals surface area contributed by atoms with E-state index >= 15 is 0 Å². The van der Waals surface area contributed by atoms with Gasteiger partial charge in [-0.2, -0.15) is 0 Å². The molecule has 0 spiro atoms. The van der Waals surface area contributed by atoms with Gasteiger partial charge in [-0.05, 0) is 42.4 Å². The van der Waals surface area contributed by atoms with Crippen molar-refractivity contribution < 1.29 is 9.53 Å². The molecule has 0 atom stereocenters. The molecule has 0 aromatic heterocycles. The number of anilines is 1. The molecule has 1 heterocycles. The topological polar surface area (TPSA) is 41.6 Å². The lowest BCUT2D eigenvalue weighted by atomic mass is 10.1. The van der Waals surface area contributed by atoms with Crippen molar-refractivity contribution in [3.8, 4) is 0 Å². The number of benzene rings is 1. The Morgan fingerprint density at radius 1 is 1.17 bits per heavy atom. The van der Waals surface area contributed by atoms with E-state index in [-0.39, 0.29) is 11.1 Å². The third-order valence-corrected chi connectivity index (χ3v) is 4.16. The molecule has 23 heavy (non-hydrogen) atoms. The third-order valence-electron chi connectivity index (χ3n) is 3.86. The van der Waals surface area contributed by atoms with Gasteiger partial charge in [-0.3, -0.25) is 9.69 Å². The summed E-state index contributed by atoms with van der Waals surface area (Å²) >= 11 is 5.18. The summed E-state index contributed by atoms with van der Waals surface area (Å²) in [7, 11) is 1.87. The van der Waals surface area contributed by atoms with Crippen molar-refractivity contribution in [3.63, 3.8) is 0 Å². The van der Waals surface area contributed by atoms with E-state index in [0.717, 1.165) is 24.1 Å². The average Bonchev–Trinajstić information content (AvgIpc) is 2.82. The van der Waals surface area contributed by atoms with Crippen LogP contribution in [0.2, 0.25) is 0 Å². The van der Waals surface area contributed by atoms with Gasteiger partial charge in [0.05, 0.1) is 0 Å². The van der Waals surface area contributed by atoms with Crippen LogP contribution in [0.25, 0.3) is 6.08 Å². The van der Waals surface area contributed by atoms with Gasteiger partial charge in [0.15, 0.2) is 5.76 Å². The lowest BCUT2D eigenvalue weighted by Crippen LogP contribution is -2.29. The van der Waals surface area contributed by atoms with Gasteiger partial charge < -0.3 is 10.1 Å². The van der Waals surface area contributed by atoms with Gasteiger partial charge in [-0.15, -0.1) is 0 Å². The van der Waals surface area contributed by atoms with Gasteiger partial charge in [-0.25, -0.2) is 0 Å². The maximum Gasteiger partial charge on any atom is 0.297 e. The standard InChI is InChI=1S/C18H24N2O2S/c1-3-4-5-6-7-12-20-17(21)16(22-18(20)23)13-14-8-10-15(19-2)11-9-14/h8-11,13,19H,3-7,12H2,1-2H3/b16-13+. The first kappa shape index (κ1) is 17.5. The molecule has 1 aromatic rings. The normalized spacial score (nSPS) is 16.1. The van der Waals surface area contributed by atoms with E-state index < -0.39 is 0 Å². The van der Waals surface area contributed by atoms with E-state index in [1.54, 1.807) is 11.0 Å². The zero-order valence-corrected chi connectivity index (χ0v) is 14.6. The van der Waals surface area contributed by atoms with Gasteiger partial charge in [0, 0.05) is 19.3 Å². The summed E-state index contributed by atoms with van der Waals surface area (Å²) in [6.45, 7) is 2.82. The van der Waals surface area contributed by atoms with Crippen LogP contribution in [-0.2, 0) is 9.53 Å². The van der Waals surface area contributed by atoms with Gasteiger partial charge in [0.2, 0.25) is 0 Å². The summed E-state index contributed by atoms with van der Waals surface area (Å²) in [4.78, 5) is 14.0. The van der Waals surface area contributed by atoms with Crippen LogP contribution in [0.4, 0.5) is 5.69 Å². The number of unbranched alkanes of at least 4 members (excludes halogenated alkanes) is 4. The van der Waals surface area contributed by atoms with Gasteiger partial charge >= 0.3 is 0 Å². The Balaban J connectivity index is 1.95. The van der Waals surface area contributed by atoms with E-state index in [1.807, 2.05) is 31.3 Å². The zero-order chi connectivity index (χ0) is 16.7. The fraction of sp³-hybridized carbons (Fsp3) is 0.444. The van der Waals surface area contributed by atoms with Crippen LogP contribution in [0.15, 0.2) is 30.0 Å². The molecule has 1 saturated heterocycles. The Morgan fingerprint density at radius 3 is 2.52 bits per heavy atom. The predicted octanol–water partition coefficient (Wildman–Crippen LogP) is 4.18. The second-order valence-corrected chi connectivity index (χ2v) is 5.97. The smallest absolute Gasteiger partial charge is 0.297 e. The molecule has 1 aliphatic heterocycles. The summed E-state index contributed by atoms with van der Waals surface area (Å²) in [6.07, 6.45) is 7.47. The lowest BCUT2D eigenvalue weighted by molar-refractivity contribution is -0.122. The number of amides is 1. The van der Waals surface area contributed by atoms with E-state index in [4.69, 9.17) is 17.0 Å². The van der Waals surface area contributed by atoms with Crippen LogP contribution >= 0.6 is 12.2 Å². The minimum Gasteiger partial charge on any atom is -0.426 e. The molecule has 4 nitrogen and oxygen atoms in total. The van der Waals surface area contributed by atoms with E-state index in [9.17, 15) is 4.79 Å². The number of nitrogens with one attached hydrogen (secondary N) is 1. The van der Waals surface area contributed by atoms with Crippen LogP contribution in [0.1, 0.15) is 44.6 Å². The van der Waals surface area contributed by atoms with Crippen molar-refractivity contribution in [3.05, 3.63) is 35.6 Å². The molecule has 0 radical (unpaired) electrons. The minimum absolute atomic E-state index is 0.136. The number of thiocarbonyl (C=S) groups is 1. The number of hydrogen-bond donors (Lipinski definition) is 1. The Hall–Kier alpha value is -1.88. The molecule has 0 aliphatic carbocycles. The average molecular weight is 332 g/mol. The lowest BCUT2D eigenvalue weighted by Gasteiger charge is -2.11. The first-order chi connectivity index (χ1) is 11.2. The predicted molar refractivity (Wildman–Crippen MR) is 98.1 cm³/mol. The Bertz CT molecular complexity index is 581. The molecule has 0 saturated carbocycles. The fourth-order valence-electron chi connectivity index (χ4n) is 2.46. The molecule has 2 rings (SSSR count). The van der Waals surface area contributed by atoms with Crippen molar-refractivity contribution in [2.24, 2.45) is 0 Å². The molecule has 1 aromatic carbocycles. The largest absolute Gasteiger partial charge is 0.426 e. The fourth-order valence-corrected chi connectivity index (χ4v) is 2.73. The molecule has 1 fully saturated rings. The number of carbonyl (C=O) groups is 1. The summed E-state index contributed by atoms with van der Waals surface area (Å²) in [5, 5.41) is 3.33. The maximum absolute atomic E-state index is 12.4. The number of rotatable bonds is 8. The van der Waals surface area contributed by atoms with Crippen molar-refractivity contribution in [1.82, 2.24) is 4.90 Å². The number of ether oxygens (including phenoxy) is 1. The summed E-state index contributed by atoms with van der Waals surface area (Å²) in [6, 6.07) is 7.78. The van der Waals surface area contributed by atoms with Crippen molar-refractivity contribution in [1.29, 1.82) is 0 Å². The quantitative estimate of drug-likeness (QED) is 0.440. The summed E-state index contributed by atoms with van der Waals surface area (Å²) in [5.41, 5.74) is 1.94. The highest BCUT2D eigenvalue weighted by atomic mass is 32.1. The Kier molecular flexibility index (Phi) is 6.59. The van der Waals surface area contributed by atoms with Gasteiger partial charge in [-0.1, -0.05) is 44.7 Å². The Labute approximate surface area is 143 Å². The van der Waals surface area contributed by atoms with Gasteiger partial charge in [0.1, 0.15) is 0 Å². The van der Waals surface area contributed by atoms with Gasteiger partial charge in [0.25, 0.3) is 11.1 Å². The van der Waals surface area contributed by atoms with Crippen molar-refractivity contribution in [2.75, 3.05) is 18.9 Å². The third kappa shape index (κ3) is 4.79. The van der Waals surface area contributed by atoms with E-state index in [1.165, 1.54) is 19.3 Å². The highest BCUT2D eigenvalue weighted by molar-refractivity contribution is 7.80. The zero-order valence-electron chi connectivity index (χ0n) is 13.8. The van der Waals surface area contributed by atoms with Crippen molar-refractivity contribution >= 4 is 35.1 Å². The second-order valence-electron chi connectivity index (χ2n) is 5.62. The Morgan fingerprint density at radius 2 is 1.87 bits per heavy atom. The molecular formula is C18H24N2O2S. The van der Waals surface area contributed by atoms with Crippen LogP contribution in [0.5, 0.6) is 0 Å². The summed E-state index contributed by atoms with van der Waals surface area (Å²) in [5.74, 6) is 0.170. The second kappa shape index (κ2) is 8.67. The molecular weight excluding hydrogens is 308 g/mol. The van der Waals surface area contributed by atoms with Crippen LogP contribution < -0.4 is 5.32 Å². The van der Waals surface area contributed by atoms with Crippen LogP contribution in [0.3, 0.4) is 0 Å². The van der Waals surface area contributed by atoms with Crippen LogP contribution in [-0.4, -0.2) is 29.6 Å². The number of hydrogen-bond acceptors (Lipinski definition) is 4. The molecule has 5 heteroatoms. The van der Waals surface area contributed by atoms with E-state index in [0.29, 0.717) is 12.3 Å². The summed E-state index contributed by atoms with van der Waals surface area (Å²) < 4.78 is 5.48. The first-order valence-corrected chi connectivity index (χ1v) is 8.59. The number of carbonyl (C=O) groups excluding carboxylic acids is 1. The van der Waals surface area contributed by atoms with Crippen molar-refractivity contribution in [2.45, 2.75) is 39.0 Å². The highest BCUT2D eigenvalue weighted by Gasteiger charge is 2.32. The maximum atomic E-state index is 12.4. The highest BCUT2D eigenvalue weighted by Crippen LogP contribution is 2.21. The van der Waals surface area contributed by atoms with Crippen LogP contribution in [0, 0.1) is 0 Å². The molecule has 0 bridgehead atoms. The molecule has 1 N–H and O–H groups in total.